The quantitative estimate of drug-likeness (QED) is 0.320. The summed E-state index contributed by atoms with van der Waals surface area (Å²) in [6.07, 6.45) is -0.749. The Kier molecular flexibility index (Phi) is 8.48. The van der Waals surface area contributed by atoms with Gasteiger partial charge in [-0.2, -0.15) is 0 Å². The Bertz CT molecular complexity index is 1380. The molecule has 6 nitrogen and oxygen atoms in total. The molecule has 1 saturated heterocycles. The molecular weight excluding hydrogens is 476 g/mol. The molecule has 0 aromatic heterocycles. The van der Waals surface area contributed by atoms with Crippen LogP contribution in [-0.4, -0.2) is 42.9 Å². The van der Waals surface area contributed by atoms with E-state index in [4.69, 9.17) is 9.47 Å². The van der Waals surface area contributed by atoms with E-state index in [-0.39, 0.29) is 13.2 Å². The lowest BCUT2D eigenvalue weighted by Crippen LogP contribution is -2.63. The third kappa shape index (κ3) is 5.57. The number of nitrogens with one attached hydrogen (secondary N) is 1. The predicted octanol–water partition coefficient (Wildman–Crippen LogP) is 4.07. The molecule has 38 heavy (non-hydrogen) atoms. The topological polar surface area (TPSA) is 67.9 Å². The Hall–Kier alpha value is -4.52. The molecule has 0 aliphatic carbocycles. The zero-order valence-corrected chi connectivity index (χ0v) is 21.7. The molecule has 4 rings (SSSR count). The molecule has 0 spiro atoms. The molecule has 1 aliphatic rings. The van der Waals surface area contributed by atoms with Crippen LogP contribution >= 0.6 is 0 Å². The zero-order chi connectivity index (χ0) is 27.0. The van der Waals surface area contributed by atoms with Crippen molar-refractivity contribution in [3.63, 3.8) is 0 Å². The number of nitrogens with zero attached hydrogens (tertiary/aromatic N) is 1. The summed E-state index contributed by atoms with van der Waals surface area (Å²) < 4.78 is 10.9. The number of rotatable bonds is 5. The van der Waals surface area contributed by atoms with E-state index in [9.17, 15) is 9.59 Å². The molecule has 2 atom stereocenters. The molecule has 1 N–H and O–H groups in total. The van der Waals surface area contributed by atoms with Crippen molar-refractivity contribution >= 4 is 17.6 Å². The fourth-order valence-electron chi connectivity index (χ4n) is 4.35. The van der Waals surface area contributed by atoms with E-state index in [0.29, 0.717) is 0 Å². The molecule has 3 aromatic rings. The van der Waals surface area contributed by atoms with Gasteiger partial charge >= 0.3 is 11.9 Å². The van der Waals surface area contributed by atoms with Crippen molar-refractivity contribution in [2.75, 3.05) is 18.1 Å². The minimum atomic E-state index is -1.92. The number of ether oxygens (including phenoxy) is 2. The van der Waals surface area contributed by atoms with Crippen LogP contribution in [-0.2, 0) is 19.1 Å². The summed E-state index contributed by atoms with van der Waals surface area (Å²) in [5, 5.41) is 3.20. The Morgan fingerprint density at radius 2 is 1.37 bits per heavy atom. The largest absolute Gasteiger partial charge is 0.464 e. The molecule has 0 saturated carbocycles. The van der Waals surface area contributed by atoms with E-state index in [1.54, 1.807) is 13.8 Å². The summed E-state index contributed by atoms with van der Waals surface area (Å²) in [4.78, 5) is 29.1. The Morgan fingerprint density at radius 1 is 0.816 bits per heavy atom. The van der Waals surface area contributed by atoms with Gasteiger partial charge in [0.25, 0.3) is 0 Å². The molecule has 6 heteroatoms. The van der Waals surface area contributed by atoms with Gasteiger partial charge in [0, 0.05) is 16.8 Å². The van der Waals surface area contributed by atoms with E-state index in [1.807, 2.05) is 96.8 Å². The molecule has 0 bridgehead atoms. The molecule has 0 radical (unpaired) electrons. The summed E-state index contributed by atoms with van der Waals surface area (Å²) in [5.41, 5.74) is 1.39. The number of hydrogen-bond acceptors (Lipinski definition) is 6. The third-order valence-electron chi connectivity index (χ3n) is 6.08. The Morgan fingerprint density at radius 3 is 1.89 bits per heavy atom. The average molecular weight is 507 g/mol. The van der Waals surface area contributed by atoms with Crippen LogP contribution in [0.5, 0.6) is 0 Å². The molecule has 0 amide bonds. The molecule has 0 unspecified atom stereocenters. The summed E-state index contributed by atoms with van der Waals surface area (Å²) in [6, 6.07) is 25.7. The van der Waals surface area contributed by atoms with Gasteiger partial charge in [-0.15, -0.1) is 0 Å². The number of hydrogen-bond donors (Lipinski definition) is 1. The zero-order valence-electron chi connectivity index (χ0n) is 21.7. The van der Waals surface area contributed by atoms with Crippen LogP contribution in [0.15, 0.2) is 84.9 Å². The minimum absolute atomic E-state index is 0.0886. The van der Waals surface area contributed by atoms with Crippen LogP contribution in [0.4, 0.5) is 5.69 Å². The number of carbonyl (C=O) groups excluding carboxylic acids is 2. The maximum atomic E-state index is 13.6. The van der Waals surface area contributed by atoms with Gasteiger partial charge in [0.15, 0.2) is 0 Å². The smallest absolute Gasteiger partial charge is 0.341 e. The number of anilines is 1. The molecule has 1 aliphatic heterocycles. The SMILES string of the molecule is CCOC(=O)C1(C(=O)OCC)N[C@@H](C#Cc2ccccc2)N(c2cccc(C)c2)[C@H]1C#Cc1ccccc1. The predicted molar refractivity (Wildman–Crippen MR) is 147 cm³/mol. The summed E-state index contributed by atoms with van der Waals surface area (Å²) in [5.74, 6) is 11.2. The fourth-order valence-corrected chi connectivity index (χ4v) is 4.35. The van der Waals surface area contributed by atoms with Gasteiger partial charge < -0.3 is 14.4 Å². The molecule has 192 valence electrons. The standard InChI is InChI=1S/C32H30N2O4/c1-4-37-30(35)32(31(36)38-5-2)28(21-19-25-14-8-6-9-15-25)34(27-18-12-13-24(3)23-27)29(33-32)22-20-26-16-10-7-11-17-26/h6-18,23,28-29,33H,4-5H2,1-3H3/t28-,29+/m0/s1. The first-order chi connectivity index (χ1) is 18.5. The number of benzene rings is 3. The first kappa shape index (κ1) is 26.5. The van der Waals surface area contributed by atoms with Crippen LogP contribution in [0.25, 0.3) is 0 Å². The lowest BCUT2D eigenvalue weighted by molar-refractivity contribution is -0.165. The van der Waals surface area contributed by atoms with Crippen molar-refractivity contribution in [2.24, 2.45) is 0 Å². The van der Waals surface area contributed by atoms with Crippen LogP contribution in [0, 0.1) is 30.6 Å². The lowest BCUT2D eigenvalue weighted by Gasteiger charge is -2.31. The monoisotopic (exact) mass is 506 g/mol. The van der Waals surface area contributed by atoms with Crippen molar-refractivity contribution in [3.8, 4) is 23.7 Å². The van der Waals surface area contributed by atoms with E-state index in [1.165, 1.54) is 0 Å². The summed E-state index contributed by atoms with van der Waals surface area (Å²) >= 11 is 0. The van der Waals surface area contributed by atoms with Crippen LogP contribution in [0.2, 0.25) is 0 Å². The highest BCUT2D eigenvalue weighted by Gasteiger charge is 2.63. The van der Waals surface area contributed by atoms with Crippen molar-refractivity contribution in [2.45, 2.75) is 38.5 Å². The second kappa shape index (κ2) is 12.1. The molecule has 1 heterocycles. The fraction of sp³-hybridized carbons (Fsp3) is 0.250. The van der Waals surface area contributed by atoms with Gasteiger partial charge in [0.1, 0.15) is 12.2 Å². The Labute approximate surface area is 224 Å². The summed E-state index contributed by atoms with van der Waals surface area (Å²) in [7, 11) is 0. The van der Waals surface area contributed by atoms with Gasteiger partial charge in [-0.25, -0.2) is 9.59 Å². The molecular formula is C32H30N2O4. The van der Waals surface area contributed by atoms with E-state index in [0.717, 1.165) is 22.4 Å². The lowest BCUT2D eigenvalue weighted by atomic mass is 9.90. The van der Waals surface area contributed by atoms with Gasteiger partial charge in [-0.1, -0.05) is 72.2 Å². The van der Waals surface area contributed by atoms with Gasteiger partial charge in [-0.3, -0.25) is 5.32 Å². The van der Waals surface area contributed by atoms with E-state index in [2.05, 4.69) is 29.0 Å². The van der Waals surface area contributed by atoms with Gasteiger partial charge in [-0.05, 0) is 62.7 Å². The van der Waals surface area contributed by atoms with Crippen molar-refractivity contribution < 1.29 is 19.1 Å². The van der Waals surface area contributed by atoms with Crippen LogP contribution in [0.1, 0.15) is 30.5 Å². The number of esters is 2. The highest BCUT2D eigenvalue weighted by molar-refractivity contribution is 6.08. The maximum absolute atomic E-state index is 13.6. The average Bonchev–Trinajstić information content (AvgIpc) is 3.27. The minimum Gasteiger partial charge on any atom is -0.464 e. The first-order valence-electron chi connectivity index (χ1n) is 12.6. The van der Waals surface area contributed by atoms with Crippen LogP contribution in [0.3, 0.4) is 0 Å². The normalized spacial score (nSPS) is 17.4. The highest BCUT2D eigenvalue weighted by atomic mass is 16.6. The second-order valence-electron chi connectivity index (χ2n) is 8.72. The van der Waals surface area contributed by atoms with E-state index < -0.39 is 29.7 Å². The summed E-state index contributed by atoms with van der Waals surface area (Å²) in [6.45, 7) is 5.55. The first-order valence-corrected chi connectivity index (χ1v) is 12.6. The van der Waals surface area contributed by atoms with Crippen LogP contribution < -0.4 is 10.2 Å². The molecule has 3 aromatic carbocycles. The van der Waals surface area contributed by atoms with Gasteiger partial charge in [0.05, 0.1) is 13.2 Å². The number of carbonyl (C=O) groups is 2. The molecule has 1 fully saturated rings. The third-order valence-corrected chi connectivity index (χ3v) is 6.08. The Balaban J connectivity index is 1.94. The number of aryl methyl sites for hydroxylation is 1. The van der Waals surface area contributed by atoms with Crippen molar-refractivity contribution in [1.82, 2.24) is 5.32 Å². The van der Waals surface area contributed by atoms with Gasteiger partial charge in [0.2, 0.25) is 5.54 Å². The van der Waals surface area contributed by atoms with E-state index >= 15 is 0 Å². The highest BCUT2D eigenvalue weighted by Crippen LogP contribution is 2.34. The second-order valence-corrected chi connectivity index (χ2v) is 8.72. The van der Waals surface area contributed by atoms with Crippen molar-refractivity contribution in [1.29, 1.82) is 0 Å². The maximum Gasteiger partial charge on any atom is 0.341 e. The van der Waals surface area contributed by atoms with Crippen molar-refractivity contribution in [3.05, 3.63) is 102 Å².